The number of hydrogen-bond acceptors (Lipinski definition) is 3. The number of nitrogens with zero attached hydrogens (tertiary/aromatic N) is 3. The first-order valence-corrected chi connectivity index (χ1v) is 19.5. The maximum absolute atomic E-state index is 6.72. The summed E-state index contributed by atoms with van der Waals surface area (Å²) >= 11 is 0. The Hall–Kier alpha value is -5.35. The molecule has 289 valence electrons. The van der Waals surface area contributed by atoms with Crippen LogP contribution in [0.5, 0.6) is 0 Å². The van der Waals surface area contributed by atoms with Gasteiger partial charge in [0.25, 0.3) is 0 Å². The second-order valence-corrected chi connectivity index (χ2v) is 17.8. The quantitative estimate of drug-likeness (QED) is 0.166. The molecule has 5 heteroatoms. The number of benzene rings is 5. The van der Waals surface area contributed by atoms with Gasteiger partial charge in [0.15, 0.2) is 0 Å². The van der Waals surface area contributed by atoms with E-state index in [0.717, 1.165) is 61.2 Å². The van der Waals surface area contributed by atoms with Crippen LogP contribution in [0.4, 0.5) is 0 Å². The Bertz CT molecular complexity index is 2810. The van der Waals surface area contributed by atoms with E-state index in [1.165, 1.54) is 27.5 Å². The second-order valence-electron chi connectivity index (χ2n) is 17.8. The van der Waals surface area contributed by atoms with Crippen molar-refractivity contribution in [3.8, 4) is 28.2 Å². The Labute approximate surface area is 350 Å². The Morgan fingerprint density at radius 3 is 1.74 bits per heavy atom. The van der Waals surface area contributed by atoms with E-state index in [0.29, 0.717) is 0 Å². The van der Waals surface area contributed by atoms with Crippen LogP contribution >= 0.6 is 0 Å². The molecule has 9 rings (SSSR count). The summed E-state index contributed by atoms with van der Waals surface area (Å²) in [7, 11) is 0. The zero-order valence-corrected chi connectivity index (χ0v) is 36.7. The van der Waals surface area contributed by atoms with E-state index in [-0.39, 0.29) is 36.4 Å². The number of fused-ring (bicyclic) bond motifs is 6. The van der Waals surface area contributed by atoms with Gasteiger partial charge in [-0.05, 0) is 63.0 Å². The molecule has 0 aliphatic rings. The fourth-order valence-electron chi connectivity index (χ4n) is 7.41. The van der Waals surface area contributed by atoms with E-state index in [2.05, 4.69) is 193 Å². The third kappa shape index (κ3) is 7.72. The molecule has 1 radical (unpaired) electrons. The molecule has 9 aromatic rings. The van der Waals surface area contributed by atoms with Crippen LogP contribution < -0.4 is 0 Å². The van der Waals surface area contributed by atoms with Crippen LogP contribution in [-0.4, -0.2) is 14.5 Å². The van der Waals surface area contributed by atoms with Gasteiger partial charge in [-0.15, -0.1) is 53.6 Å². The van der Waals surface area contributed by atoms with Crippen LogP contribution in [0.15, 0.2) is 138 Å². The standard InChI is InChI=1S/C33H25N2O.C19H24N.Ir/c1-33(2,3)21-18-19-34-27(20-21)26-14-8-12-24-25-13-9-17-30(32(25)36-31(24)26)35-28-15-6-4-10-22(28)23-11-5-7-16-29(23)35;1-18(2,3)15-9-7-8-14(12-15)17-11-10-16(13-20-17)19(4,5)6;/h4-13,15-20H,1-3H3;7,9-13H,1-6H3;/q2*-1;. The van der Waals surface area contributed by atoms with Crippen molar-refractivity contribution in [1.29, 1.82) is 0 Å². The number of pyridine rings is 2. The van der Waals surface area contributed by atoms with Crippen LogP contribution in [0.3, 0.4) is 0 Å². The van der Waals surface area contributed by atoms with Crippen LogP contribution in [0, 0.1) is 12.1 Å². The molecule has 57 heavy (non-hydrogen) atoms. The first kappa shape index (κ1) is 39.9. The fourth-order valence-corrected chi connectivity index (χ4v) is 7.41. The monoisotopic (exact) mass is 924 g/mol. The number of rotatable bonds is 3. The van der Waals surface area contributed by atoms with E-state index in [1.54, 1.807) is 0 Å². The van der Waals surface area contributed by atoms with Gasteiger partial charge >= 0.3 is 0 Å². The molecule has 0 fully saturated rings. The van der Waals surface area contributed by atoms with Gasteiger partial charge < -0.3 is 19.0 Å². The summed E-state index contributed by atoms with van der Waals surface area (Å²) in [5.41, 5.74) is 13.0. The minimum atomic E-state index is 0. The van der Waals surface area contributed by atoms with E-state index in [4.69, 9.17) is 9.40 Å². The van der Waals surface area contributed by atoms with Crippen molar-refractivity contribution in [2.45, 2.75) is 78.6 Å². The maximum atomic E-state index is 6.72. The normalized spacial score (nSPS) is 12.2. The molecular weight excluding hydrogens is 875 g/mol. The average Bonchev–Trinajstić information content (AvgIpc) is 3.74. The summed E-state index contributed by atoms with van der Waals surface area (Å²) in [6, 6.07) is 49.1. The minimum absolute atomic E-state index is 0. The Morgan fingerprint density at radius 2 is 1.11 bits per heavy atom. The Kier molecular flexibility index (Phi) is 10.6. The predicted molar refractivity (Wildman–Crippen MR) is 235 cm³/mol. The number of aromatic nitrogens is 3. The van der Waals surface area contributed by atoms with Crippen molar-refractivity contribution in [1.82, 2.24) is 14.5 Å². The van der Waals surface area contributed by atoms with E-state index in [9.17, 15) is 0 Å². The van der Waals surface area contributed by atoms with Gasteiger partial charge in [-0.3, -0.25) is 0 Å². The number of furan rings is 1. The van der Waals surface area contributed by atoms with Gasteiger partial charge in [-0.2, -0.15) is 0 Å². The summed E-state index contributed by atoms with van der Waals surface area (Å²) in [5.74, 6) is 0. The molecule has 0 spiro atoms. The maximum Gasteiger partial charge on any atom is 0.144 e. The molecule has 0 atom stereocenters. The van der Waals surface area contributed by atoms with Crippen molar-refractivity contribution in [3.63, 3.8) is 0 Å². The van der Waals surface area contributed by atoms with Gasteiger partial charge in [-0.1, -0.05) is 140 Å². The molecule has 4 heterocycles. The molecule has 4 aromatic heterocycles. The first-order valence-electron chi connectivity index (χ1n) is 19.5. The average molecular weight is 924 g/mol. The van der Waals surface area contributed by atoms with Crippen LogP contribution in [0.25, 0.3) is 71.9 Å². The molecule has 0 unspecified atom stereocenters. The minimum Gasteiger partial charge on any atom is -0.498 e. The Morgan fingerprint density at radius 1 is 0.509 bits per heavy atom. The third-order valence-electron chi connectivity index (χ3n) is 10.7. The molecule has 0 N–H and O–H groups in total. The van der Waals surface area contributed by atoms with Crippen molar-refractivity contribution in [3.05, 3.63) is 163 Å². The number of para-hydroxylation sites is 3. The summed E-state index contributed by atoms with van der Waals surface area (Å²) < 4.78 is 9.04. The summed E-state index contributed by atoms with van der Waals surface area (Å²) in [5, 5.41) is 4.63. The van der Waals surface area contributed by atoms with E-state index < -0.39 is 0 Å². The molecule has 0 bridgehead atoms. The van der Waals surface area contributed by atoms with Crippen LogP contribution in [0.1, 0.15) is 79.0 Å². The van der Waals surface area contributed by atoms with Crippen LogP contribution in [-0.2, 0) is 36.4 Å². The predicted octanol–water partition coefficient (Wildman–Crippen LogP) is 14.0. The van der Waals surface area contributed by atoms with Gasteiger partial charge in [0.05, 0.1) is 22.3 Å². The van der Waals surface area contributed by atoms with Crippen molar-refractivity contribution in [2.24, 2.45) is 0 Å². The molecule has 0 aliphatic carbocycles. The molecule has 0 aliphatic heterocycles. The van der Waals surface area contributed by atoms with Crippen molar-refractivity contribution >= 4 is 43.7 Å². The topological polar surface area (TPSA) is 43.9 Å². The fraction of sp³-hybridized carbons (Fsp3) is 0.231. The Balaban J connectivity index is 0.000000202. The third-order valence-corrected chi connectivity index (χ3v) is 10.7. The summed E-state index contributed by atoms with van der Waals surface area (Å²) in [6.45, 7) is 19.9. The first-order chi connectivity index (χ1) is 26.7. The zero-order valence-electron chi connectivity index (χ0n) is 34.3. The second kappa shape index (κ2) is 15.2. The van der Waals surface area contributed by atoms with E-state index in [1.807, 2.05) is 24.5 Å². The SMILES string of the molecule is CC(C)(C)c1ccc(-c2[c-]ccc(C(C)(C)C)c2)nc1.CC(C)(C)c1ccnc(-c2[c-]ccc3c2oc2c(-n4c5ccccc5c5ccccc54)cccc23)c1.[Ir]. The summed E-state index contributed by atoms with van der Waals surface area (Å²) in [4.78, 5) is 9.31. The largest absolute Gasteiger partial charge is 0.498 e. The van der Waals surface area contributed by atoms with Gasteiger partial charge in [0.1, 0.15) is 5.58 Å². The smallest absolute Gasteiger partial charge is 0.144 e. The number of hydrogen-bond donors (Lipinski definition) is 0. The van der Waals surface area contributed by atoms with Crippen LogP contribution in [0.2, 0.25) is 0 Å². The van der Waals surface area contributed by atoms with Gasteiger partial charge in [0, 0.05) is 48.7 Å². The molecule has 0 saturated carbocycles. The van der Waals surface area contributed by atoms with E-state index >= 15 is 0 Å². The van der Waals surface area contributed by atoms with Crippen molar-refractivity contribution in [2.75, 3.05) is 0 Å². The molecular formula is C52H49IrN3O-2. The molecule has 4 nitrogen and oxygen atoms in total. The molecule has 0 amide bonds. The molecule has 5 aromatic carbocycles. The van der Waals surface area contributed by atoms with Gasteiger partial charge in [0.2, 0.25) is 0 Å². The molecule has 0 saturated heterocycles. The van der Waals surface area contributed by atoms with Gasteiger partial charge in [-0.25, -0.2) is 0 Å². The zero-order chi connectivity index (χ0) is 39.4. The summed E-state index contributed by atoms with van der Waals surface area (Å²) in [6.07, 6.45) is 3.86. The van der Waals surface area contributed by atoms with Crippen molar-refractivity contribution < 1.29 is 24.5 Å².